The van der Waals surface area contributed by atoms with Gasteiger partial charge in [-0.3, -0.25) is 13.9 Å². The van der Waals surface area contributed by atoms with Gasteiger partial charge in [0.15, 0.2) is 0 Å². The van der Waals surface area contributed by atoms with E-state index in [1.54, 1.807) is 24.3 Å². The molecule has 0 unspecified atom stereocenters. The van der Waals surface area contributed by atoms with Crippen LogP contribution >= 0.6 is 0 Å². The molecule has 0 fully saturated rings. The van der Waals surface area contributed by atoms with E-state index in [1.165, 1.54) is 4.90 Å². The fourth-order valence-electron chi connectivity index (χ4n) is 4.00. The fourth-order valence-corrected chi connectivity index (χ4v) is 4.85. The van der Waals surface area contributed by atoms with E-state index in [4.69, 9.17) is 4.74 Å². The molecule has 9 heteroatoms. The van der Waals surface area contributed by atoms with Gasteiger partial charge in [0.2, 0.25) is 21.8 Å². The summed E-state index contributed by atoms with van der Waals surface area (Å²) in [5, 5.41) is 2.88. The molecule has 202 valence electrons. The van der Waals surface area contributed by atoms with Crippen molar-refractivity contribution in [3.05, 3.63) is 90.5 Å². The smallest absolute Gasteiger partial charge is 0.244 e. The van der Waals surface area contributed by atoms with Crippen molar-refractivity contribution < 1.29 is 22.7 Å². The zero-order chi connectivity index (χ0) is 27.7. The first-order chi connectivity index (χ1) is 18.1. The van der Waals surface area contributed by atoms with E-state index >= 15 is 0 Å². The number of nitrogens with one attached hydrogen (secondary N) is 1. The average molecular weight is 538 g/mol. The van der Waals surface area contributed by atoms with Crippen LogP contribution in [0.4, 0.5) is 5.69 Å². The summed E-state index contributed by atoms with van der Waals surface area (Å²) in [6.45, 7) is 5.26. The lowest BCUT2D eigenvalue weighted by Gasteiger charge is -2.33. The van der Waals surface area contributed by atoms with Crippen molar-refractivity contribution in [2.75, 3.05) is 17.1 Å². The maximum Gasteiger partial charge on any atom is 0.244 e. The lowest BCUT2D eigenvalue weighted by atomic mass is 10.1. The molecule has 0 aliphatic heterocycles. The molecule has 1 N–H and O–H groups in total. The summed E-state index contributed by atoms with van der Waals surface area (Å²) in [5.74, 6) is 0.425. The molecule has 3 aromatic carbocycles. The Kier molecular flexibility index (Phi) is 9.90. The number of carbonyl (C=O) groups excluding carboxylic acids is 2. The fraction of sp³-hybridized carbons (Fsp3) is 0.310. The number of sulfonamides is 1. The van der Waals surface area contributed by atoms with Gasteiger partial charge < -0.3 is 15.0 Å². The molecule has 0 radical (unpaired) electrons. The van der Waals surface area contributed by atoms with Gasteiger partial charge in [-0.15, -0.1) is 0 Å². The molecule has 0 aromatic heterocycles. The van der Waals surface area contributed by atoms with E-state index in [9.17, 15) is 18.0 Å². The van der Waals surface area contributed by atoms with Gasteiger partial charge in [0.05, 0.1) is 11.9 Å². The number of benzene rings is 3. The molecule has 0 saturated carbocycles. The summed E-state index contributed by atoms with van der Waals surface area (Å²) in [6, 6.07) is 24.2. The SMILES string of the molecule is CC[C@@H](C(=O)NC(C)C)N(Cc1ccccc1)C(=O)CN(c1ccc(Oc2ccccc2)cc1)S(C)(=O)=O. The normalized spacial score (nSPS) is 12.0. The highest BCUT2D eigenvalue weighted by molar-refractivity contribution is 7.92. The van der Waals surface area contributed by atoms with Crippen LogP contribution in [0.15, 0.2) is 84.9 Å². The first-order valence-corrected chi connectivity index (χ1v) is 14.4. The van der Waals surface area contributed by atoms with Crippen LogP contribution < -0.4 is 14.4 Å². The minimum absolute atomic E-state index is 0.102. The van der Waals surface area contributed by atoms with Crippen LogP contribution in [0.3, 0.4) is 0 Å². The number of anilines is 1. The van der Waals surface area contributed by atoms with Crippen molar-refractivity contribution in [1.29, 1.82) is 0 Å². The standard InChI is InChI=1S/C29H35N3O5S/c1-5-27(29(34)30-22(2)3)31(20-23-12-8-6-9-13-23)28(33)21-32(38(4,35)36)24-16-18-26(19-17-24)37-25-14-10-7-11-15-25/h6-19,22,27H,5,20-21H2,1-4H3,(H,30,34)/t27-/m0/s1. The zero-order valence-electron chi connectivity index (χ0n) is 22.2. The van der Waals surface area contributed by atoms with Crippen LogP contribution in [0.5, 0.6) is 11.5 Å². The second kappa shape index (κ2) is 13.1. The van der Waals surface area contributed by atoms with Gasteiger partial charge in [0.25, 0.3) is 0 Å². The summed E-state index contributed by atoms with van der Waals surface area (Å²) < 4.78 is 32.4. The van der Waals surface area contributed by atoms with E-state index in [1.807, 2.05) is 81.4 Å². The molecule has 3 aromatic rings. The highest BCUT2D eigenvalue weighted by atomic mass is 32.2. The highest BCUT2D eigenvalue weighted by Crippen LogP contribution is 2.26. The topological polar surface area (TPSA) is 96.0 Å². The Morgan fingerprint density at radius 3 is 1.95 bits per heavy atom. The third-order valence-corrected chi connectivity index (χ3v) is 6.94. The summed E-state index contributed by atoms with van der Waals surface area (Å²) in [4.78, 5) is 28.2. The van der Waals surface area contributed by atoms with E-state index in [0.29, 0.717) is 23.6 Å². The third kappa shape index (κ3) is 8.08. The van der Waals surface area contributed by atoms with Crippen molar-refractivity contribution in [2.24, 2.45) is 0 Å². The van der Waals surface area contributed by atoms with Gasteiger partial charge in [0.1, 0.15) is 24.1 Å². The van der Waals surface area contributed by atoms with E-state index in [0.717, 1.165) is 16.1 Å². The molecule has 1 atom stereocenters. The van der Waals surface area contributed by atoms with Crippen LogP contribution in [-0.2, 0) is 26.2 Å². The Morgan fingerprint density at radius 2 is 1.42 bits per heavy atom. The predicted molar refractivity (Wildman–Crippen MR) is 149 cm³/mol. The second-order valence-corrected chi connectivity index (χ2v) is 11.2. The van der Waals surface area contributed by atoms with Crippen LogP contribution in [0.2, 0.25) is 0 Å². The molecule has 2 amide bonds. The molecular weight excluding hydrogens is 502 g/mol. The van der Waals surface area contributed by atoms with Crippen molar-refractivity contribution in [3.8, 4) is 11.5 Å². The summed E-state index contributed by atoms with van der Waals surface area (Å²) in [5.41, 5.74) is 1.16. The molecule has 0 aliphatic rings. The maximum atomic E-state index is 13.7. The monoisotopic (exact) mass is 537 g/mol. The molecular formula is C29H35N3O5S. The van der Waals surface area contributed by atoms with Crippen molar-refractivity contribution in [2.45, 2.75) is 45.8 Å². The number of rotatable bonds is 12. The van der Waals surface area contributed by atoms with Gasteiger partial charge in [0, 0.05) is 12.6 Å². The molecule has 38 heavy (non-hydrogen) atoms. The average Bonchev–Trinajstić information content (AvgIpc) is 2.88. The number of nitrogens with zero attached hydrogens (tertiary/aromatic N) is 2. The number of carbonyl (C=O) groups is 2. The number of ether oxygens (including phenoxy) is 1. The molecule has 0 aliphatic carbocycles. The quantitative estimate of drug-likeness (QED) is 0.365. The Morgan fingerprint density at radius 1 is 0.868 bits per heavy atom. The highest BCUT2D eigenvalue weighted by Gasteiger charge is 2.32. The first kappa shape index (κ1) is 28.7. The van der Waals surface area contributed by atoms with Crippen LogP contribution in [-0.4, -0.2) is 50.0 Å². The zero-order valence-corrected chi connectivity index (χ0v) is 23.0. The van der Waals surface area contributed by atoms with Gasteiger partial charge in [-0.1, -0.05) is 55.5 Å². The van der Waals surface area contributed by atoms with E-state index in [-0.39, 0.29) is 18.5 Å². The van der Waals surface area contributed by atoms with Gasteiger partial charge >= 0.3 is 0 Å². The Bertz CT molecular complexity index is 1300. The van der Waals surface area contributed by atoms with Gasteiger partial charge in [-0.05, 0) is 62.2 Å². The lowest BCUT2D eigenvalue weighted by Crippen LogP contribution is -2.53. The van der Waals surface area contributed by atoms with Crippen LogP contribution in [0.1, 0.15) is 32.8 Å². The number of hydrogen-bond donors (Lipinski definition) is 1. The summed E-state index contributed by atoms with van der Waals surface area (Å²) in [6.07, 6.45) is 1.43. The van der Waals surface area contributed by atoms with Gasteiger partial charge in [-0.25, -0.2) is 8.42 Å². The van der Waals surface area contributed by atoms with Crippen molar-refractivity contribution >= 4 is 27.5 Å². The number of para-hydroxylation sites is 1. The van der Waals surface area contributed by atoms with Crippen LogP contribution in [0, 0.1) is 0 Å². The largest absolute Gasteiger partial charge is 0.457 e. The van der Waals surface area contributed by atoms with Crippen molar-refractivity contribution in [3.63, 3.8) is 0 Å². The summed E-state index contributed by atoms with van der Waals surface area (Å²) >= 11 is 0. The molecule has 8 nitrogen and oxygen atoms in total. The molecule has 0 bridgehead atoms. The number of hydrogen-bond acceptors (Lipinski definition) is 5. The maximum absolute atomic E-state index is 13.7. The Labute approximate surface area is 225 Å². The Hall–Kier alpha value is -3.85. The van der Waals surface area contributed by atoms with Crippen molar-refractivity contribution in [1.82, 2.24) is 10.2 Å². The minimum Gasteiger partial charge on any atom is -0.457 e. The lowest BCUT2D eigenvalue weighted by molar-refractivity contribution is -0.140. The molecule has 3 rings (SSSR count). The first-order valence-electron chi connectivity index (χ1n) is 12.5. The predicted octanol–water partition coefficient (Wildman–Crippen LogP) is 4.58. The van der Waals surface area contributed by atoms with E-state index in [2.05, 4.69) is 5.32 Å². The van der Waals surface area contributed by atoms with Gasteiger partial charge in [-0.2, -0.15) is 0 Å². The summed E-state index contributed by atoms with van der Waals surface area (Å²) in [7, 11) is -3.82. The minimum atomic E-state index is -3.82. The van der Waals surface area contributed by atoms with Crippen LogP contribution in [0.25, 0.3) is 0 Å². The third-order valence-electron chi connectivity index (χ3n) is 5.80. The molecule has 0 saturated heterocycles. The van der Waals surface area contributed by atoms with E-state index < -0.39 is 28.5 Å². The second-order valence-electron chi connectivity index (χ2n) is 9.27. The molecule has 0 heterocycles. The Balaban J connectivity index is 1.88. The molecule has 0 spiro atoms. The number of amides is 2.